The fraction of sp³-hybridized carbons (Fsp3) is 0.500. The van der Waals surface area contributed by atoms with Gasteiger partial charge in [0.2, 0.25) is 5.95 Å². The summed E-state index contributed by atoms with van der Waals surface area (Å²) in [5, 5.41) is 4.17. The van der Waals surface area contributed by atoms with E-state index in [0.717, 1.165) is 55.7 Å². The molecule has 1 aliphatic carbocycles. The van der Waals surface area contributed by atoms with Crippen molar-refractivity contribution in [1.29, 1.82) is 0 Å². The first kappa shape index (κ1) is 21.7. The van der Waals surface area contributed by atoms with Crippen LogP contribution in [0.1, 0.15) is 42.6 Å². The SMILES string of the molecule is CN1CCN(c2ccc(Nc3ncc4cc5n(c4n3)C3(CCCCC3)CN(P)C5=O)nc2)CC1. The van der Waals surface area contributed by atoms with E-state index in [1.807, 2.05) is 24.5 Å². The summed E-state index contributed by atoms with van der Waals surface area (Å²) in [5.74, 6) is 1.23. The van der Waals surface area contributed by atoms with Gasteiger partial charge in [-0.15, -0.1) is 0 Å². The van der Waals surface area contributed by atoms with Gasteiger partial charge in [-0.05, 0) is 47.5 Å². The predicted molar refractivity (Wildman–Crippen MR) is 137 cm³/mol. The maximum absolute atomic E-state index is 13.0. The number of hydrogen-bond donors (Lipinski definition) is 1. The lowest BCUT2D eigenvalue weighted by Crippen LogP contribution is -2.51. The maximum atomic E-state index is 13.0. The van der Waals surface area contributed by atoms with Crippen molar-refractivity contribution >= 4 is 43.8 Å². The van der Waals surface area contributed by atoms with E-state index < -0.39 is 0 Å². The molecule has 3 aliphatic rings. The van der Waals surface area contributed by atoms with Crippen LogP contribution in [0.15, 0.2) is 30.6 Å². The molecule has 1 atom stereocenters. The van der Waals surface area contributed by atoms with Gasteiger partial charge in [-0.1, -0.05) is 19.3 Å². The van der Waals surface area contributed by atoms with E-state index in [2.05, 4.69) is 52.2 Å². The minimum Gasteiger partial charge on any atom is -0.368 e. The molecule has 5 heterocycles. The van der Waals surface area contributed by atoms with Crippen LogP contribution in [0.3, 0.4) is 0 Å². The summed E-state index contributed by atoms with van der Waals surface area (Å²) < 4.78 is 4.00. The van der Waals surface area contributed by atoms with Gasteiger partial charge in [-0.2, -0.15) is 4.98 Å². The number of nitrogens with one attached hydrogen (secondary N) is 1. The summed E-state index contributed by atoms with van der Waals surface area (Å²) >= 11 is 0. The van der Waals surface area contributed by atoms with E-state index in [-0.39, 0.29) is 11.4 Å². The van der Waals surface area contributed by atoms with E-state index in [4.69, 9.17) is 4.98 Å². The molecule has 3 aromatic heterocycles. The molecular formula is C24H31N8OP. The van der Waals surface area contributed by atoms with Crippen molar-refractivity contribution in [3.05, 3.63) is 36.3 Å². The quantitative estimate of drug-likeness (QED) is 0.579. The molecule has 0 bridgehead atoms. The number of carbonyl (C=O) groups is 1. The molecule has 1 unspecified atom stereocenters. The molecule has 2 aliphatic heterocycles. The Balaban J connectivity index is 1.30. The first-order chi connectivity index (χ1) is 16.5. The van der Waals surface area contributed by atoms with Crippen molar-refractivity contribution in [3.8, 4) is 0 Å². The molecule has 6 rings (SSSR count). The highest BCUT2D eigenvalue weighted by molar-refractivity contribution is 7.14. The molecule has 1 spiro atoms. The summed E-state index contributed by atoms with van der Waals surface area (Å²) in [4.78, 5) is 31.7. The zero-order valence-electron chi connectivity index (χ0n) is 19.6. The van der Waals surface area contributed by atoms with Crippen molar-refractivity contribution in [2.24, 2.45) is 0 Å². The number of piperazine rings is 1. The number of fused-ring (bicyclic) bond motifs is 4. The number of hydrogen-bond acceptors (Lipinski definition) is 7. The van der Waals surface area contributed by atoms with Crippen molar-refractivity contribution in [3.63, 3.8) is 0 Å². The Morgan fingerprint density at radius 2 is 1.82 bits per heavy atom. The topological polar surface area (TPSA) is 82.4 Å². The van der Waals surface area contributed by atoms with Gasteiger partial charge in [-0.3, -0.25) is 4.79 Å². The van der Waals surface area contributed by atoms with E-state index in [1.165, 1.54) is 19.3 Å². The zero-order chi connectivity index (χ0) is 23.3. The number of aromatic nitrogens is 4. The number of pyridine rings is 1. The molecule has 2 fully saturated rings. The Labute approximate surface area is 201 Å². The molecule has 178 valence electrons. The molecule has 9 nitrogen and oxygen atoms in total. The van der Waals surface area contributed by atoms with Crippen LogP contribution in [-0.2, 0) is 5.54 Å². The molecule has 1 amide bonds. The fourth-order valence-corrected chi connectivity index (χ4v) is 6.18. The van der Waals surface area contributed by atoms with E-state index in [9.17, 15) is 4.79 Å². The number of amides is 1. The van der Waals surface area contributed by atoms with Gasteiger partial charge in [0.05, 0.1) is 17.4 Å². The predicted octanol–water partition coefficient (Wildman–Crippen LogP) is 3.23. The number of likely N-dealkylation sites (N-methyl/N-ethyl adjacent to an activating group) is 1. The molecule has 0 radical (unpaired) electrons. The van der Waals surface area contributed by atoms with Crippen LogP contribution in [0.5, 0.6) is 0 Å². The molecule has 0 aromatic carbocycles. The molecule has 1 N–H and O–H groups in total. The van der Waals surface area contributed by atoms with Gasteiger partial charge in [0, 0.05) is 44.3 Å². The van der Waals surface area contributed by atoms with Crippen molar-refractivity contribution < 1.29 is 4.79 Å². The highest BCUT2D eigenvalue weighted by Crippen LogP contribution is 2.43. The number of nitrogens with zero attached hydrogens (tertiary/aromatic N) is 7. The van der Waals surface area contributed by atoms with Crippen LogP contribution in [0, 0.1) is 0 Å². The monoisotopic (exact) mass is 478 g/mol. The molecule has 34 heavy (non-hydrogen) atoms. The average molecular weight is 479 g/mol. The maximum Gasteiger partial charge on any atom is 0.273 e. The third kappa shape index (κ3) is 3.71. The summed E-state index contributed by atoms with van der Waals surface area (Å²) in [6, 6.07) is 6.02. The van der Waals surface area contributed by atoms with Crippen LogP contribution in [0.25, 0.3) is 11.0 Å². The van der Waals surface area contributed by atoms with Gasteiger partial charge >= 0.3 is 0 Å². The highest BCUT2D eigenvalue weighted by Gasteiger charge is 2.44. The largest absolute Gasteiger partial charge is 0.368 e. The summed E-state index contributed by atoms with van der Waals surface area (Å²) in [7, 11) is 4.77. The average Bonchev–Trinajstić information content (AvgIpc) is 3.24. The van der Waals surface area contributed by atoms with Crippen molar-refractivity contribution in [2.45, 2.75) is 37.6 Å². The summed E-state index contributed by atoms with van der Waals surface area (Å²) in [6.07, 6.45) is 9.43. The van der Waals surface area contributed by atoms with E-state index in [1.54, 1.807) is 4.67 Å². The first-order valence-corrected chi connectivity index (χ1v) is 12.7. The van der Waals surface area contributed by atoms with Gasteiger partial charge < -0.3 is 24.4 Å². The Hall–Kier alpha value is -2.77. The normalized spacial score (nSPS) is 20.7. The minimum atomic E-state index is -0.0982. The van der Waals surface area contributed by atoms with Gasteiger partial charge in [0.15, 0.2) is 0 Å². The highest BCUT2D eigenvalue weighted by atomic mass is 31.0. The Morgan fingerprint density at radius 3 is 2.56 bits per heavy atom. The number of rotatable bonds is 3. The van der Waals surface area contributed by atoms with E-state index in [0.29, 0.717) is 24.0 Å². The second-order valence-corrected chi connectivity index (χ2v) is 10.5. The Kier molecular flexibility index (Phi) is 5.41. The van der Waals surface area contributed by atoms with Gasteiger partial charge in [0.1, 0.15) is 17.2 Å². The van der Waals surface area contributed by atoms with Crippen LogP contribution in [0.4, 0.5) is 17.5 Å². The zero-order valence-corrected chi connectivity index (χ0v) is 20.7. The van der Waals surface area contributed by atoms with Crippen LogP contribution in [-0.4, -0.2) is 74.8 Å². The van der Waals surface area contributed by atoms with Crippen molar-refractivity contribution in [1.82, 2.24) is 29.1 Å². The Bertz CT molecular complexity index is 1210. The fourth-order valence-electron chi connectivity index (χ4n) is 5.71. The van der Waals surface area contributed by atoms with Crippen molar-refractivity contribution in [2.75, 3.05) is 50.0 Å². The molecule has 1 saturated heterocycles. The molecule has 3 aromatic rings. The lowest BCUT2D eigenvalue weighted by atomic mass is 9.80. The lowest BCUT2D eigenvalue weighted by molar-refractivity contribution is 0.0680. The van der Waals surface area contributed by atoms with Gasteiger partial charge in [0.25, 0.3) is 5.91 Å². The van der Waals surface area contributed by atoms with Crippen LogP contribution in [0.2, 0.25) is 0 Å². The number of carbonyl (C=O) groups excluding carboxylic acids is 1. The van der Waals surface area contributed by atoms with E-state index >= 15 is 0 Å². The molecule has 10 heteroatoms. The van der Waals surface area contributed by atoms with Gasteiger partial charge in [-0.25, -0.2) is 9.97 Å². The third-order valence-corrected chi connectivity index (χ3v) is 8.02. The summed E-state index contributed by atoms with van der Waals surface area (Å²) in [5.41, 5.74) is 2.57. The molecule has 1 saturated carbocycles. The second-order valence-electron chi connectivity index (χ2n) is 9.87. The minimum absolute atomic E-state index is 0.0230. The standard InChI is InChI=1S/C24H31N8OP/c1-29-9-11-30(12-10-29)18-5-6-20(25-15-18)27-23-26-14-17-13-19-22(33)31(34)16-24(7-3-2-4-8-24)32(19)21(17)28-23/h5-6,13-15H,2-4,7-12,16,34H2,1H3,(H,25,26,27,28). The molecular weight excluding hydrogens is 447 g/mol. The first-order valence-electron chi connectivity index (χ1n) is 12.1. The van der Waals surface area contributed by atoms with Crippen LogP contribution < -0.4 is 10.2 Å². The Morgan fingerprint density at radius 1 is 1.03 bits per heavy atom. The van der Waals surface area contributed by atoms with Crippen LogP contribution >= 0.6 is 9.39 Å². The second kappa shape index (κ2) is 8.47. The summed E-state index contributed by atoms with van der Waals surface area (Å²) in [6.45, 7) is 4.85. The number of anilines is 3. The smallest absolute Gasteiger partial charge is 0.273 e. The third-order valence-electron chi connectivity index (χ3n) is 7.60. The lowest BCUT2D eigenvalue weighted by Gasteiger charge is -2.45.